The minimum absolute atomic E-state index is 0. The summed E-state index contributed by atoms with van der Waals surface area (Å²) < 4.78 is 14.4. The Morgan fingerprint density at radius 1 is 1.17 bits per heavy atom. The van der Waals surface area contributed by atoms with Crippen LogP contribution in [-0.4, -0.2) is 69.1 Å². The third kappa shape index (κ3) is 13.0. The summed E-state index contributed by atoms with van der Waals surface area (Å²) in [6.45, 7) is 3.23. The van der Waals surface area contributed by atoms with E-state index in [-0.39, 0.29) is 35.5 Å². The van der Waals surface area contributed by atoms with E-state index in [1.54, 1.807) is 7.11 Å². The monoisotopic (exact) mass is 186 g/mol. The molecule has 0 rings (SSSR count). The number of rotatable bonds is 6. The Hall–Kier alpha value is 0.390. The normalized spacial score (nSPS) is 8.83. The fourth-order valence-electron chi connectivity index (χ4n) is 0.489. The van der Waals surface area contributed by atoms with Crippen molar-refractivity contribution in [2.75, 3.05) is 33.5 Å². The first-order valence-corrected chi connectivity index (χ1v) is 3.47. The molecule has 0 atom stereocenters. The van der Waals surface area contributed by atoms with Gasteiger partial charge in [0.15, 0.2) is 0 Å². The Kier molecular flexibility index (Phi) is 14.1. The van der Waals surface area contributed by atoms with Gasteiger partial charge in [0, 0.05) is 14.0 Å². The SMILES string of the molecule is COCCOCCOC(C)=O.[NaH]. The summed E-state index contributed by atoms with van der Waals surface area (Å²) in [5.41, 5.74) is 0. The van der Waals surface area contributed by atoms with Crippen LogP contribution in [0.25, 0.3) is 0 Å². The topological polar surface area (TPSA) is 44.8 Å². The summed E-state index contributed by atoms with van der Waals surface area (Å²) in [5.74, 6) is -0.277. The molecule has 0 N–H and O–H groups in total. The first-order valence-electron chi connectivity index (χ1n) is 3.47. The van der Waals surface area contributed by atoms with Crippen molar-refractivity contribution in [3.8, 4) is 0 Å². The number of esters is 1. The molecule has 12 heavy (non-hydrogen) atoms. The van der Waals surface area contributed by atoms with Crippen LogP contribution in [0.15, 0.2) is 0 Å². The minimum atomic E-state index is -0.277. The Morgan fingerprint density at radius 3 is 2.25 bits per heavy atom. The quantitative estimate of drug-likeness (QED) is 0.320. The molecule has 0 aliphatic heterocycles. The molecule has 0 unspecified atom stereocenters. The maximum absolute atomic E-state index is 10.2. The zero-order valence-electron chi connectivity index (χ0n) is 6.96. The summed E-state index contributed by atoms with van der Waals surface area (Å²) in [6.07, 6.45) is 0. The second-order valence-corrected chi connectivity index (χ2v) is 1.95. The number of carbonyl (C=O) groups is 1. The third-order valence-electron chi connectivity index (χ3n) is 0.965. The Labute approximate surface area is 94.8 Å². The van der Waals surface area contributed by atoms with E-state index in [0.717, 1.165) is 0 Å². The van der Waals surface area contributed by atoms with Crippen LogP contribution in [0.4, 0.5) is 0 Å². The van der Waals surface area contributed by atoms with Crippen LogP contribution in [0.2, 0.25) is 0 Å². The third-order valence-corrected chi connectivity index (χ3v) is 0.965. The van der Waals surface area contributed by atoms with Crippen molar-refractivity contribution >= 4 is 35.5 Å². The van der Waals surface area contributed by atoms with Gasteiger partial charge < -0.3 is 14.2 Å². The average molecular weight is 186 g/mol. The molecule has 68 valence electrons. The number of hydrogen-bond acceptors (Lipinski definition) is 4. The molecule has 0 amide bonds. The van der Waals surface area contributed by atoms with Gasteiger partial charge in [-0.15, -0.1) is 0 Å². The molecular weight excluding hydrogens is 171 g/mol. The Bertz CT molecular complexity index is 108. The molecule has 0 aromatic carbocycles. The van der Waals surface area contributed by atoms with Crippen LogP contribution < -0.4 is 0 Å². The van der Waals surface area contributed by atoms with Crippen LogP contribution in [0.1, 0.15) is 6.92 Å². The number of methoxy groups -OCH3 is 1. The molecule has 0 bridgehead atoms. The van der Waals surface area contributed by atoms with Gasteiger partial charge in [-0.2, -0.15) is 0 Å². The fraction of sp³-hybridized carbons (Fsp3) is 0.857. The second kappa shape index (κ2) is 11.4. The molecule has 5 heteroatoms. The average Bonchev–Trinajstić information content (AvgIpc) is 1.96. The Balaban J connectivity index is 0. The van der Waals surface area contributed by atoms with Crippen LogP contribution in [0, 0.1) is 0 Å². The van der Waals surface area contributed by atoms with E-state index >= 15 is 0 Å². The van der Waals surface area contributed by atoms with Crippen molar-refractivity contribution < 1.29 is 19.0 Å². The van der Waals surface area contributed by atoms with Crippen LogP contribution in [0.3, 0.4) is 0 Å². The van der Waals surface area contributed by atoms with Gasteiger partial charge in [0.2, 0.25) is 0 Å². The second-order valence-electron chi connectivity index (χ2n) is 1.95. The molecule has 0 spiro atoms. The van der Waals surface area contributed by atoms with Gasteiger partial charge in [0.1, 0.15) is 6.61 Å². The van der Waals surface area contributed by atoms with Crippen LogP contribution in [-0.2, 0) is 19.0 Å². The zero-order valence-corrected chi connectivity index (χ0v) is 6.96. The van der Waals surface area contributed by atoms with E-state index in [4.69, 9.17) is 9.47 Å². The molecule has 0 aliphatic carbocycles. The van der Waals surface area contributed by atoms with Gasteiger partial charge in [-0.25, -0.2) is 0 Å². The van der Waals surface area contributed by atoms with E-state index in [0.29, 0.717) is 26.4 Å². The Morgan fingerprint density at radius 2 is 1.75 bits per heavy atom. The first-order chi connectivity index (χ1) is 5.27. The zero-order chi connectivity index (χ0) is 8.53. The molecule has 0 saturated carbocycles. The van der Waals surface area contributed by atoms with Crippen molar-refractivity contribution in [1.29, 1.82) is 0 Å². The summed E-state index contributed by atoms with van der Waals surface area (Å²) in [7, 11) is 1.61. The van der Waals surface area contributed by atoms with Gasteiger partial charge in [-0.3, -0.25) is 4.79 Å². The van der Waals surface area contributed by atoms with Gasteiger partial charge in [0.25, 0.3) is 0 Å². The van der Waals surface area contributed by atoms with Crippen molar-refractivity contribution in [2.24, 2.45) is 0 Å². The molecule has 0 radical (unpaired) electrons. The summed E-state index contributed by atoms with van der Waals surface area (Å²) in [5, 5.41) is 0. The molecule has 0 fully saturated rings. The van der Waals surface area contributed by atoms with Gasteiger partial charge in [0.05, 0.1) is 19.8 Å². The van der Waals surface area contributed by atoms with Crippen molar-refractivity contribution in [3.05, 3.63) is 0 Å². The summed E-state index contributed by atoms with van der Waals surface area (Å²) in [4.78, 5) is 10.2. The van der Waals surface area contributed by atoms with Crippen LogP contribution >= 0.6 is 0 Å². The van der Waals surface area contributed by atoms with E-state index in [1.165, 1.54) is 6.92 Å². The van der Waals surface area contributed by atoms with E-state index < -0.39 is 0 Å². The van der Waals surface area contributed by atoms with Crippen molar-refractivity contribution in [3.63, 3.8) is 0 Å². The number of ether oxygens (including phenoxy) is 3. The molecule has 0 saturated heterocycles. The molecule has 0 aromatic rings. The summed E-state index contributed by atoms with van der Waals surface area (Å²) >= 11 is 0. The number of hydrogen-bond donors (Lipinski definition) is 0. The molecule has 0 aliphatic rings. The van der Waals surface area contributed by atoms with E-state index in [2.05, 4.69) is 4.74 Å². The molecule has 0 heterocycles. The fourth-order valence-corrected chi connectivity index (χ4v) is 0.489. The molecular formula is C7H15NaO4. The first kappa shape index (κ1) is 14.9. The predicted octanol–water partition coefficient (Wildman–Crippen LogP) is -0.436. The summed E-state index contributed by atoms with van der Waals surface area (Å²) in [6, 6.07) is 0. The standard InChI is InChI=1S/C7H14O4.Na.H/c1-7(8)11-6-5-10-4-3-9-2;;/h3-6H2,1-2H3;;. The van der Waals surface area contributed by atoms with Crippen LogP contribution in [0.5, 0.6) is 0 Å². The number of carbonyl (C=O) groups excluding carboxylic acids is 1. The van der Waals surface area contributed by atoms with Crippen molar-refractivity contribution in [1.82, 2.24) is 0 Å². The van der Waals surface area contributed by atoms with E-state index in [1.807, 2.05) is 0 Å². The van der Waals surface area contributed by atoms with Gasteiger partial charge in [-0.1, -0.05) is 0 Å². The molecule has 0 aromatic heterocycles. The van der Waals surface area contributed by atoms with E-state index in [9.17, 15) is 4.79 Å². The van der Waals surface area contributed by atoms with Crippen molar-refractivity contribution in [2.45, 2.75) is 6.92 Å². The molecule has 4 nitrogen and oxygen atoms in total. The maximum atomic E-state index is 10.2. The predicted molar refractivity (Wildman–Crippen MR) is 46.5 cm³/mol. The van der Waals surface area contributed by atoms with Gasteiger partial charge >= 0.3 is 35.5 Å². The van der Waals surface area contributed by atoms with Gasteiger partial charge in [-0.05, 0) is 0 Å².